The molecule has 6 heteroatoms. The lowest BCUT2D eigenvalue weighted by atomic mass is 10.2. The second-order valence-corrected chi connectivity index (χ2v) is 7.00. The lowest BCUT2D eigenvalue weighted by molar-refractivity contribution is 0.0945. The van der Waals surface area contributed by atoms with Gasteiger partial charge in [0.1, 0.15) is 17.3 Å². The fraction of sp³-hybridized carbons (Fsp3) is 0.278. The Bertz CT molecular complexity index is 898. The van der Waals surface area contributed by atoms with E-state index < -0.39 is 11.6 Å². The van der Waals surface area contributed by atoms with E-state index in [4.69, 9.17) is 0 Å². The van der Waals surface area contributed by atoms with Crippen LogP contribution in [0.3, 0.4) is 0 Å². The summed E-state index contributed by atoms with van der Waals surface area (Å²) in [5, 5.41) is 2.86. The summed E-state index contributed by atoms with van der Waals surface area (Å²) < 4.78 is 29.9. The van der Waals surface area contributed by atoms with Gasteiger partial charge in [0.25, 0.3) is 5.91 Å². The molecule has 3 aromatic rings. The number of hydrogen-bond donors (Lipinski definition) is 1. The van der Waals surface area contributed by atoms with Crippen LogP contribution in [0, 0.1) is 18.6 Å². The fourth-order valence-electron chi connectivity index (χ4n) is 2.67. The van der Waals surface area contributed by atoms with E-state index in [1.165, 1.54) is 12.1 Å². The molecule has 1 amide bonds. The normalized spacial score (nSPS) is 11.2. The molecule has 0 aliphatic heterocycles. The number of aryl methyl sites for hydroxylation is 1. The van der Waals surface area contributed by atoms with E-state index >= 15 is 0 Å². The first-order chi connectivity index (χ1) is 11.5. The Morgan fingerprint density at radius 3 is 2.75 bits per heavy atom. The molecule has 3 rings (SSSR count). The van der Waals surface area contributed by atoms with Crippen LogP contribution in [0.4, 0.5) is 8.78 Å². The molecule has 1 N–H and O–H groups in total. The third-order valence-corrected chi connectivity index (χ3v) is 4.81. The SMILES string of the molecule is CCCNC(=O)c1cc2sc(C)cc2n1Cc1ccc(F)cc1F. The van der Waals surface area contributed by atoms with Crippen LogP contribution in [0.15, 0.2) is 30.3 Å². The summed E-state index contributed by atoms with van der Waals surface area (Å²) in [6.07, 6.45) is 0.840. The number of carbonyl (C=O) groups is 1. The standard InChI is InChI=1S/C18H18F2N2OS/c1-3-6-21-18(23)16-9-17-15(7-11(2)24-17)22(16)10-12-4-5-13(19)8-14(12)20/h4-5,7-9H,3,6,10H2,1-2H3,(H,21,23). The number of fused-ring (bicyclic) bond motifs is 1. The average Bonchev–Trinajstić information content (AvgIpc) is 3.04. The van der Waals surface area contributed by atoms with E-state index in [0.717, 1.165) is 27.6 Å². The lowest BCUT2D eigenvalue weighted by Crippen LogP contribution is -2.26. The van der Waals surface area contributed by atoms with Gasteiger partial charge in [-0.15, -0.1) is 11.3 Å². The maximum atomic E-state index is 14.0. The zero-order chi connectivity index (χ0) is 17.3. The number of rotatable bonds is 5. The molecule has 0 saturated heterocycles. The Kier molecular flexibility index (Phi) is 4.66. The van der Waals surface area contributed by atoms with Crippen molar-refractivity contribution in [3.63, 3.8) is 0 Å². The van der Waals surface area contributed by atoms with Crippen molar-refractivity contribution in [1.82, 2.24) is 9.88 Å². The smallest absolute Gasteiger partial charge is 0.267 e. The molecule has 0 saturated carbocycles. The van der Waals surface area contributed by atoms with E-state index in [9.17, 15) is 13.6 Å². The molecule has 3 nitrogen and oxygen atoms in total. The van der Waals surface area contributed by atoms with Gasteiger partial charge >= 0.3 is 0 Å². The quantitative estimate of drug-likeness (QED) is 0.725. The van der Waals surface area contributed by atoms with E-state index in [1.54, 1.807) is 15.9 Å². The zero-order valence-electron chi connectivity index (χ0n) is 13.5. The van der Waals surface area contributed by atoms with Crippen LogP contribution in [0.25, 0.3) is 10.2 Å². The van der Waals surface area contributed by atoms with Crippen LogP contribution in [-0.4, -0.2) is 17.0 Å². The number of halogens is 2. The van der Waals surface area contributed by atoms with E-state index in [-0.39, 0.29) is 12.5 Å². The molecular formula is C18H18F2N2OS. The third kappa shape index (κ3) is 3.19. The Morgan fingerprint density at radius 1 is 1.25 bits per heavy atom. The molecule has 0 radical (unpaired) electrons. The van der Waals surface area contributed by atoms with Crippen molar-refractivity contribution >= 4 is 27.5 Å². The molecule has 2 aromatic heterocycles. The number of nitrogens with zero attached hydrogens (tertiary/aromatic N) is 1. The molecule has 0 bridgehead atoms. The summed E-state index contributed by atoms with van der Waals surface area (Å²) >= 11 is 1.59. The van der Waals surface area contributed by atoms with E-state index in [2.05, 4.69) is 5.32 Å². The van der Waals surface area contributed by atoms with E-state index in [1.807, 2.05) is 26.0 Å². The lowest BCUT2D eigenvalue weighted by Gasteiger charge is -2.11. The Balaban J connectivity index is 2.04. The minimum Gasteiger partial charge on any atom is -0.351 e. The van der Waals surface area contributed by atoms with Gasteiger partial charge in [-0.05, 0) is 31.5 Å². The van der Waals surface area contributed by atoms with Crippen LogP contribution in [0.5, 0.6) is 0 Å². The molecule has 0 spiro atoms. The van der Waals surface area contributed by atoms with Crippen molar-refractivity contribution in [2.75, 3.05) is 6.54 Å². The Morgan fingerprint density at radius 2 is 2.04 bits per heavy atom. The van der Waals surface area contributed by atoms with Crippen molar-refractivity contribution in [2.24, 2.45) is 0 Å². The molecule has 0 unspecified atom stereocenters. The number of thiophene rings is 1. The van der Waals surface area contributed by atoms with Crippen LogP contribution < -0.4 is 5.32 Å². The average molecular weight is 348 g/mol. The first-order valence-corrected chi connectivity index (χ1v) is 8.63. The summed E-state index contributed by atoms with van der Waals surface area (Å²) in [6.45, 7) is 4.74. The number of hydrogen-bond acceptors (Lipinski definition) is 2. The molecule has 0 aliphatic carbocycles. The van der Waals surface area contributed by atoms with Crippen molar-refractivity contribution in [3.8, 4) is 0 Å². The van der Waals surface area contributed by atoms with Gasteiger partial charge in [0.05, 0.1) is 16.8 Å². The molecule has 0 aliphatic rings. The molecule has 0 atom stereocenters. The van der Waals surface area contributed by atoms with Gasteiger partial charge in [-0.1, -0.05) is 13.0 Å². The highest BCUT2D eigenvalue weighted by atomic mass is 32.1. The van der Waals surface area contributed by atoms with Crippen molar-refractivity contribution in [3.05, 3.63) is 58.1 Å². The summed E-state index contributed by atoms with van der Waals surface area (Å²) in [4.78, 5) is 13.5. The molecule has 0 fully saturated rings. The van der Waals surface area contributed by atoms with E-state index in [0.29, 0.717) is 17.8 Å². The predicted molar refractivity (Wildman–Crippen MR) is 92.6 cm³/mol. The highest BCUT2D eigenvalue weighted by molar-refractivity contribution is 7.19. The van der Waals surface area contributed by atoms with Crippen LogP contribution in [0.2, 0.25) is 0 Å². The fourth-order valence-corrected chi connectivity index (χ4v) is 3.63. The first-order valence-electron chi connectivity index (χ1n) is 7.81. The minimum atomic E-state index is -0.610. The third-order valence-electron chi connectivity index (χ3n) is 3.82. The highest BCUT2D eigenvalue weighted by Gasteiger charge is 2.18. The maximum Gasteiger partial charge on any atom is 0.267 e. The van der Waals surface area contributed by atoms with Gasteiger partial charge in [-0.2, -0.15) is 0 Å². The maximum absolute atomic E-state index is 14.0. The van der Waals surface area contributed by atoms with Gasteiger partial charge < -0.3 is 9.88 Å². The molecular weight excluding hydrogens is 330 g/mol. The van der Waals surface area contributed by atoms with Gasteiger partial charge in [-0.25, -0.2) is 8.78 Å². The molecule has 1 aromatic carbocycles. The van der Waals surface area contributed by atoms with Crippen LogP contribution in [0.1, 0.15) is 34.3 Å². The number of nitrogens with one attached hydrogen (secondary N) is 1. The first kappa shape index (κ1) is 16.6. The highest BCUT2D eigenvalue weighted by Crippen LogP contribution is 2.29. The zero-order valence-corrected chi connectivity index (χ0v) is 14.3. The molecule has 126 valence electrons. The second-order valence-electron chi connectivity index (χ2n) is 5.71. The second kappa shape index (κ2) is 6.73. The van der Waals surface area contributed by atoms with Gasteiger partial charge in [-0.3, -0.25) is 4.79 Å². The Labute approximate surface area is 142 Å². The van der Waals surface area contributed by atoms with Crippen molar-refractivity contribution < 1.29 is 13.6 Å². The van der Waals surface area contributed by atoms with Crippen molar-refractivity contribution in [2.45, 2.75) is 26.8 Å². The monoisotopic (exact) mass is 348 g/mol. The Hall–Kier alpha value is -2.21. The minimum absolute atomic E-state index is 0.180. The van der Waals surface area contributed by atoms with Gasteiger partial charge in [0, 0.05) is 23.1 Å². The number of carbonyl (C=O) groups excluding carboxylic acids is 1. The molecule has 2 heterocycles. The largest absolute Gasteiger partial charge is 0.351 e. The van der Waals surface area contributed by atoms with Gasteiger partial charge in [0.2, 0.25) is 0 Å². The topological polar surface area (TPSA) is 34.0 Å². The van der Waals surface area contributed by atoms with Crippen molar-refractivity contribution in [1.29, 1.82) is 0 Å². The predicted octanol–water partition coefficient (Wildman–Crippen LogP) is 4.48. The van der Waals surface area contributed by atoms with Gasteiger partial charge in [0.15, 0.2) is 0 Å². The number of benzene rings is 1. The number of aromatic nitrogens is 1. The van der Waals surface area contributed by atoms with Crippen LogP contribution >= 0.6 is 11.3 Å². The summed E-state index contributed by atoms with van der Waals surface area (Å²) in [7, 11) is 0. The van der Waals surface area contributed by atoms with Crippen LogP contribution in [-0.2, 0) is 6.54 Å². The summed E-state index contributed by atoms with van der Waals surface area (Å²) in [6, 6.07) is 7.33. The summed E-state index contributed by atoms with van der Waals surface area (Å²) in [5.74, 6) is -1.40. The number of amides is 1. The summed E-state index contributed by atoms with van der Waals surface area (Å²) in [5.41, 5.74) is 1.73. The molecule has 24 heavy (non-hydrogen) atoms.